The molecule has 1 aliphatic rings. The maximum Gasteiger partial charge on any atom is 0.408 e. The van der Waals surface area contributed by atoms with Crippen molar-refractivity contribution >= 4 is 35.1 Å². The number of nitrogens with one attached hydrogen (secondary N) is 1. The molecule has 0 unspecified atom stereocenters. The number of aromatic nitrogens is 2. The first-order valence-electron chi connectivity index (χ1n) is 13.4. The molecule has 4 aromatic rings. The standard InChI is InChI=1S/C32H30N4O5/c37-29(36-19-25(20-36)13-15-27-16-14-26-12-7-17-33-30(26)34-27)18-28(31(38)40-21-23-8-3-1-4-9-23)35-32(39)41-22-24-10-5-2-6-11-24/h1-17,25,28H,18-22H2,(H,35,39)/b15-13+/t28-/m0/s1. The number of benzene rings is 2. The van der Waals surface area contributed by atoms with E-state index >= 15 is 0 Å². The van der Waals surface area contributed by atoms with Gasteiger partial charge in [-0.25, -0.2) is 19.6 Å². The minimum absolute atomic E-state index is 0.0278. The predicted octanol–water partition coefficient (Wildman–Crippen LogP) is 4.53. The van der Waals surface area contributed by atoms with Crippen LogP contribution >= 0.6 is 0 Å². The summed E-state index contributed by atoms with van der Waals surface area (Å²) in [6.07, 6.45) is 4.62. The molecule has 1 saturated heterocycles. The summed E-state index contributed by atoms with van der Waals surface area (Å²) in [5, 5.41) is 3.49. The van der Waals surface area contributed by atoms with Crippen LogP contribution in [0.15, 0.2) is 97.2 Å². The topological polar surface area (TPSA) is 111 Å². The van der Waals surface area contributed by atoms with Crippen molar-refractivity contribution in [3.63, 3.8) is 0 Å². The molecule has 0 bridgehead atoms. The Balaban J connectivity index is 1.15. The van der Waals surface area contributed by atoms with Crippen molar-refractivity contribution in [2.75, 3.05) is 13.1 Å². The third-order valence-electron chi connectivity index (χ3n) is 6.68. The van der Waals surface area contributed by atoms with Crippen molar-refractivity contribution in [2.24, 2.45) is 5.92 Å². The van der Waals surface area contributed by atoms with Gasteiger partial charge in [-0.05, 0) is 41.5 Å². The highest BCUT2D eigenvalue weighted by molar-refractivity contribution is 5.88. The zero-order valence-corrected chi connectivity index (χ0v) is 22.4. The Morgan fingerprint density at radius 3 is 2.27 bits per heavy atom. The van der Waals surface area contributed by atoms with Gasteiger partial charge in [-0.15, -0.1) is 0 Å². The summed E-state index contributed by atoms with van der Waals surface area (Å²) < 4.78 is 10.7. The Morgan fingerprint density at radius 2 is 1.56 bits per heavy atom. The number of likely N-dealkylation sites (tertiary alicyclic amines) is 1. The molecule has 2 amide bonds. The first kappa shape index (κ1) is 27.5. The molecule has 2 aromatic carbocycles. The van der Waals surface area contributed by atoms with Crippen LogP contribution in [0.5, 0.6) is 0 Å². The Morgan fingerprint density at radius 1 is 0.878 bits per heavy atom. The SMILES string of the molecule is O=C(N[C@@H](CC(=O)N1CC(/C=C/c2ccc3cccnc3n2)C1)C(=O)OCc1ccccc1)OCc1ccccc1. The molecule has 3 heterocycles. The van der Waals surface area contributed by atoms with Crippen molar-refractivity contribution in [3.05, 3.63) is 114 Å². The molecule has 9 heteroatoms. The molecule has 1 fully saturated rings. The molecular formula is C32H30N4O5. The number of hydrogen-bond acceptors (Lipinski definition) is 7. The minimum Gasteiger partial charge on any atom is -0.459 e. The average Bonchev–Trinajstić information content (AvgIpc) is 2.98. The first-order valence-corrected chi connectivity index (χ1v) is 13.4. The van der Waals surface area contributed by atoms with E-state index in [1.54, 1.807) is 11.1 Å². The van der Waals surface area contributed by atoms with Crippen molar-refractivity contribution in [1.29, 1.82) is 0 Å². The molecule has 0 aliphatic carbocycles. The number of amides is 2. The number of hydrogen-bond donors (Lipinski definition) is 1. The molecule has 0 spiro atoms. The summed E-state index contributed by atoms with van der Waals surface area (Å²) in [6, 6.07) is 24.9. The Labute approximate surface area is 237 Å². The lowest BCUT2D eigenvalue weighted by molar-refractivity contribution is -0.151. The van der Waals surface area contributed by atoms with Gasteiger partial charge in [-0.1, -0.05) is 66.7 Å². The van der Waals surface area contributed by atoms with Gasteiger partial charge < -0.3 is 19.7 Å². The van der Waals surface area contributed by atoms with E-state index in [2.05, 4.69) is 15.3 Å². The van der Waals surface area contributed by atoms with Gasteiger partial charge in [0.05, 0.1) is 12.1 Å². The number of ether oxygens (including phenoxy) is 2. The smallest absolute Gasteiger partial charge is 0.408 e. The highest BCUT2D eigenvalue weighted by Gasteiger charge is 2.33. The fourth-order valence-corrected chi connectivity index (χ4v) is 4.37. The number of carbonyl (C=O) groups excluding carboxylic acids is 3. The van der Waals surface area contributed by atoms with Gasteiger partial charge in [0.2, 0.25) is 5.91 Å². The second-order valence-corrected chi connectivity index (χ2v) is 9.76. The fraction of sp³-hybridized carbons (Fsp3) is 0.219. The van der Waals surface area contributed by atoms with Crippen LogP contribution in [0.1, 0.15) is 23.2 Å². The fourth-order valence-electron chi connectivity index (χ4n) is 4.37. The summed E-state index contributed by atoms with van der Waals surface area (Å²) in [7, 11) is 0. The van der Waals surface area contributed by atoms with E-state index in [0.29, 0.717) is 18.7 Å². The van der Waals surface area contributed by atoms with E-state index < -0.39 is 18.1 Å². The van der Waals surface area contributed by atoms with Crippen LogP contribution in [-0.2, 0) is 32.3 Å². The molecule has 2 aromatic heterocycles. The third-order valence-corrected chi connectivity index (χ3v) is 6.68. The van der Waals surface area contributed by atoms with E-state index in [4.69, 9.17) is 9.47 Å². The maximum absolute atomic E-state index is 13.0. The quantitative estimate of drug-likeness (QED) is 0.289. The zero-order valence-electron chi connectivity index (χ0n) is 22.4. The minimum atomic E-state index is -1.18. The van der Waals surface area contributed by atoms with Crippen LogP contribution in [0.3, 0.4) is 0 Å². The third kappa shape index (κ3) is 7.76. The van der Waals surface area contributed by atoms with E-state index in [0.717, 1.165) is 22.2 Å². The zero-order chi connectivity index (χ0) is 28.4. The van der Waals surface area contributed by atoms with Crippen LogP contribution < -0.4 is 5.32 Å². The van der Waals surface area contributed by atoms with Crippen LogP contribution in [0, 0.1) is 5.92 Å². The largest absolute Gasteiger partial charge is 0.459 e. The van der Waals surface area contributed by atoms with Crippen molar-refractivity contribution in [3.8, 4) is 0 Å². The number of rotatable bonds is 10. The van der Waals surface area contributed by atoms with E-state index in [9.17, 15) is 14.4 Å². The molecule has 9 nitrogen and oxygen atoms in total. The number of nitrogens with zero attached hydrogens (tertiary/aromatic N) is 3. The van der Waals surface area contributed by atoms with Crippen LogP contribution in [0.4, 0.5) is 4.79 Å². The lowest BCUT2D eigenvalue weighted by Crippen LogP contribution is -2.52. The van der Waals surface area contributed by atoms with E-state index in [-0.39, 0.29) is 31.5 Å². The second kappa shape index (κ2) is 13.3. The van der Waals surface area contributed by atoms with Crippen LogP contribution in [0.2, 0.25) is 0 Å². The highest BCUT2D eigenvalue weighted by atomic mass is 16.6. The number of alkyl carbamates (subject to hydrolysis) is 1. The van der Waals surface area contributed by atoms with Crippen LogP contribution in [-0.4, -0.2) is 52.0 Å². The highest BCUT2D eigenvalue weighted by Crippen LogP contribution is 2.20. The molecule has 41 heavy (non-hydrogen) atoms. The van der Waals surface area contributed by atoms with Gasteiger partial charge in [0, 0.05) is 30.6 Å². The predicted molar refractivity (Wildman–Crippen MR) is 153 cm³/mol. The van der Waals surface area contributed by atoms with Gasteiger partial charge >= 0.3 is 12.1 Å². The maximum atomic E-state index is 13.0. The number of pyridine rings is 2. The monoisotopic (exact) mass is 550 g/mol. The normalized spacial score (nSPS) is 13.9. The number of esters is 1. The van der Waals surface area contributed by atoms with E-state index in [1.807, 2.05) is 97.1 Å². The summed E-state index contributed by atoms with van der Waals surface area (Å²) >= 11 is 0. The van der Waals surface area contributed by atoms with Gasteiger partial charge in [-0.2, -0.15) is 0 Å². The average molecular weight is 551 g/mol. The van der Waals surface area contributed by atoms with Gasteiger partial charge in [0.25, 0.3) is 0 Å². The molecule has 1 N–H and O–H groups in total. The van der Waals surface area contributed by atoms with Crippen molar-refractivity contribution in [2.45, 2.75) is 25.7 Å². The lowest BCUT2D eigenvalue weighted by Gasteiger charge is -2.38. The molecule has 1 aliphatic heterocycles. The number of fused-ring (bicyclic) bond motifs is 1. The van der Waals surface area contributed by atoms with Crippen molar-refractivity contribution in [1.82, 2.24) is 20.2 Å². The summed E-state index contributed by atoms with van der Waals surface area (Å²) in [6.45, 7) is 1.07. The molecule has 1 atom stereocenters. The van der Waals surface area contributed by atoms with Gasteiger partial charge in [0.15, 0.2) is 5.65 Å². The summed E-state index contributed by atoms with van der Waals surface area (Å²) in [5.41, 5.74) is 3.07. The van der Waals surface area contributed by atoms with E-state index in [1.165, 1.54) is 0 Å². The summed E-state index contributed by atoms with van der Waals surface area (Å²) in [4.78, 5) is 48.9. The number of carbonyl (C=O) groups is 3. The molecular weight excluding hydrogens is 520 g/mol. The lowest BCUT2D eigenvalue weighted by atomic mass is 9.98. The van der Waals surface area contributed by atoms with Crippen LogP contribution in [0.25, 0.3) is 17.1 Å². The van der Waals surface area contributed by atoms with Gasteiger partial charge in [0.1, 0.15) is 19.3 Å². The van der Waals surface area contributed by atoms with Crippen molar-refractivity contribution < 1.29 is 23.9 Å². The molecule has 5 rings (SSSR count). The first-order chi connectivity index (χ1) is 20.0. The molecule has 0 saturated carbocycles. The summed E-state index contributed by atoms with van der Waals surface area (Å²) in [5.74, 6) is -0.799. The molecule has 0 radical (unpaired) electrons. The Hall–Kier alpha value is -5.05. The Kier molecular flexibility index (Phi) is 8.95. The molecule has 208 valence electrons. The second-order valence-electron chi connectivity index (χ2n) is 9.76. The Bertz CT molecular complexity index is 1520. The van der Waals surface area contributed by atoms with Gasteiger partial charge in [-0.3, -0.25) is 4.79 Å².